The minimum Gasteiger partial charge on any atom is -0.456 e. The van der Waals surface area contributed by atoms with E-state index >= 15 is 0 Å². The fourth-order valence-corrected chi connectivity index (χ4v) is 8.75. The summed E-state index contributed by atoms with van der Waals surface area (Å²) in [6.45, 7) is 0. The molecule has 0 radical (unpaired) electrons. The van der Waals surface area contributed by atoms with Crippen molar-refractivity contribution in [2.75, 3.05) is 0 Å². The summed E-state index contributed by atoms with van der Waals surface area (Å²) in [5.74, 6) is 0.634. The summed E-state index contributed by atoms with van der Waals surface area (Å²) in [5.41, 5.74) is 11.3. The molecule has 3 heterocycles. The minimum absolute atomic E-state index is 0.634. The van der Waals surface area contributed by atoms with E-state index in [1.54, 1.807) is 0 Å². The molecular weight excluding hydrogens is 683 g/mol. The lowest BCUT2D eigenvalue weighted by molar-refractivity contribution is 0.669. The molecule has 0 amide bonds. The maximum atomic E-state index is 6.24. The molecule has 260 valence electrons. The van der Waals surface area contributed by atoms with Gasteiger partial charge in [0.2, 0.25) is 5.95 Å². The number of benzene rings is 9. The first-order valence-corrected chi connectivity index (χ1v) is 19.0. The Morgan fingerprint density at radius 1 is 0.375 bits per heavy atom. The molecule has 0 atom stereocenters. The molecule has 56 heavy (non-hydrogen) atoms. The van der Waals surface area contributed by atoms with Crippen molar-refractivity contribution in [3.63, 3.8) is 0 Å². The van der Waals surface area contributed by atoms with Crippen molar-refractivity contribution in [2.45, 2.75) is 0 Å². The Bertz CT molecular complexity index is 3530. The number of hydrogen-bond donors (Lipinski definition) is 0. The third-order valence-corrected chi connectivity index (χ3v) is 11.4. The van der Waals surface area contributed by atoms with Crippen LogP contribution in [0.4, 0.5) is 0 Å². The molecule has 0 N–H and O–H groups in total. The van der Waals surface area contributed by atoms with Crippen LogP contribution in [-0.2, 0) is 0 Å². The molecule has 12 aromatic rings. The van der Waals surface area contributed by atoms with Crippen LogP contribution in [0.15, 0.2) is 192 Å². The highest BCUT2D eigenvalue weighted by atomic mass is 16.3. The van der Waals surface area contributed by atoms with Gasteiger partial charge in [0, 0.05) is 38.1 Å². The van der Waals surface area contributed by atoms with Crippen molar-refractivity contribution in [3.8, 4) is 39.5 Å². The predicted molar refractivity (Wildman–Crippen MR) is 232 cm³/mol. The molecule has 0 unspecified atom stereocenters. The summed E-state index contributed by atoms with van der Waals surface area (Å²) in [7, 11) is 0. The van der Waals surface area contributed by atoms with Gasteiger partial charge in [-0.25, -0.2) is 9.97 Å². The molecule has 0 saturated carbocycles. The van der Waals surface area contributed by atoms with Gasteiger partial charge in [0.15, 0.2) is 0 Å². The van der Waals surface area contributed by atoms with E-state index in [4.69, 9.17) is 14.4 Å². The number of fused-ring (bicyclic) bond motifs is 9. The maximum absolute atomic E-state index is 6.24. The fourth-order valence-electron chi connectivity index (χ4n) is 8.75. The standard InChI is InChI=1S/C52H31N3O/c1-2-13-36-31-47-44(29-35(36)12-1)42-20-10-19-40(37-27-28-49-45(30-37)41-16-6-8-22-48(41)56-49)51(42)55(47)52-53-46-21-7-5-17-43(46)50(54-52)34-25-23-33(24-26-34)39-18-9-14-32-11-3-4-15-38(32)39/h1-31H. The predicted octanol–water partition coefficient (Wildman–Crippen LogP) is 13.9. The Hall–Kier alpha value is -7.56. The molecule has 3 aromatic heterocycles. The summed E-state index contributed by atoms with van der Waals surface area (Å²) < 4.78 is 8.52. The summed E-state index contributed by atoms with van der Waals surface area (Å²) in [4.78, 5) is 10.8. The maximum Gasteiger partial charge on any atom is 0.235 e. The summed E-state index contributed by atoms with van der Waals surface area (Å²) >= 11 is 0. The Morgan fingerprint density at radius 3 is 1.88 bits per heavy atom. The van der Waals surface area contributed by atoms with Gasteiger partial charge in [0.25, 0.3) is 0 Å². The topological polar surface area (TPSA) is 43.9 Å². The molecule has 0 aliphatic carbocycles. The SMILES string of the molecule is c1ccc2cc3c(cc2c1)c1cccc(-c2ccc4oc5ccccc5c4c2)c1n3-c1nc(-c2ccc(-c3cccc4ccccc34)cc2)c2ccccc2n1. The Labute approximate surface area is 321 Å². The van der Waals surface area contributed by atoms with E-state index in [-0.39, 0.29) is 0 Å². The van der Waals surface area contributed by atoms with Gasteiger partial charge in [-0.15, -0.1) is 0 Å². The highest BCUT2D eigenvalue weighted by Gasteiger charge is 2.21. The zero-order valence-corrected chi connectivity index (χ0v) is 30.1. The lowest BCUT2D eigenvalue weighted by atomic mass is 9.96. The van der Waals surface area contributed by atoms with Crippen LogP contribution in [0.3, 0.4) is 0 Å². The van der Waals surface area contributed by atoms with E-state index in [0.29, 0.717) is 5.95 Å². The smallest absolute Gasteiger partial charge is 0.235 e. The van der Waals surface area contributed by atoms with Crippen molar-refractivity contribution < 1.29 is 4.42 Å². The highest BCUT2D eigenvalue weighted by molar-refractivity contribution is 6.17. The number of para-hydroxylation sites is 3. The van der Waals surface area contributed by atoms with Crippen LogP contribution in [0.1, 0.15) is 0 Å². The first-order valence-electron chi connectivity index (χ1n) is 19.0. The van der Waals surface area contributed by atoms with Gasteiger partial charge >= 0.3 is 0 Å². The Kier molecular flexibility index (Phi) is 6.60. The van der Waals surface area contributed by atoms with E-state index in [0.717, 1.165) is 77.0 Å². The molecule has 0 spiro atoms. The van der Waals surface area contributed by atoms with Gasteiger partial charge in [-0.1, -0.05) is 152 Å². The number of hydrogen-bond acceptors (Lipinski definition) is 3. The van der Waals surface area contributed by atoms with E-state index in [1.807, 2.05) is 12.1 Å². The van der Waals surface area contributed by atoms with Crippen LogP contribution in [0.5, 0.6) is 0 Å². The fraction of sp³-hybridized carbons (Fsp3) is 0. The third-order valence-electron chi connectivity index (χ3n) is 11.4. The molecular formula is C52H31N3O. The zero-order valence-electron chi connectivity index (χ0n) is 30.1. The van der Waals surface area contributed by atoms with Crippen molar-refractivity contribution in [1.29, 1.82) is 0 Å². The highest BCUT2D eigenvalue weighted by Crippen LogP contribution is 2.42. The van der Waals surface area contributed by atoms with Crippen molar-refractivity contribution in [2.24, 2.45) is 0 Å². The van der Waals surface area contributed by atoms with E-state index in [9.17, 15) is 0 Å². The van der Waals surface area contributed by atoms with Gasteiger partial charge in [0.05, 0.1) is 22.2 Å². The van der Waals surface area contributed by atoms with Gasteiger partial charge in [-0.2, -0.15) is 0 Å². The van der Waals surface area contributed by atoms with Crippen LogP contribution in [0, 0.1) is 0 Å². The molecule has 0 aliphatic heterocycles. The second kappa shape index (κ2) is 12.0. The third kappa shape index (κ3) is 4.66. The molecule has 0 bridgehead atoms. The van der Waals surface area contributed by atoms with E-state index < -0.39 is 0 Å². The number of aromatic nitrogens is 3. The lowest BCUT2D eigenvalue weighted by Gasteiger charge is -2.14. The van der Waals surface area contributed by atoms with Crippen LogP contribution in [0.25, 0.3) is 116 Å². The van der Waals surface area contributed by atoms with Gasteiger partial charge in [-0.05, 0) is 74.6 Å². The largest absolute Gasteiger partial charge is 0.456 e. The molecule has 0 aliphatic rings. The zero-order chi connectivity index (χ0) is 36.7. The average molecular weight is 714 g/mol. The lowest BCUT2D eigenvalue weighted by Crippen LogP contribution is -2.04. The normalized spacial score (nSPS) is 11.9. The van der Waals surface area contributed by atoms with Crippen LogP contribution >= 0.6 is 0 Å². The first kappa shape index (κ1) is 30.9. The van der Waals surface area contributed by atoms with Crippen molar-refractivity contribution >= 4 is 76.2 Å². The van der Waals surface area contributed by atoms with Gasteiger partial charge in [0.1, 0.15) is 11.2 Å². The second-order valence-electron chi connectivity index (χ2n) is 14.6. The molecule has 0 fully saturated rings. The quantitative estimate of drug-likeness (QED) is 0.182. The van der Waals surface area contributed by atoms with Crippen molar-refractivity contribution in [3.05, 3.63) is 188 Å². The van der Waals surface area contributed by atoms with Crippen molar-refractivity contribution in [1.82, 2.24) is 14.5 Å². The second-order valence-corrected chi connectivity index (χ2v) is 14.6. The van der Waals surface area contributed by atoms with Crippen LogP contribution < -0.4 is 0 Å². The number of rotatable bonds is 4. The molecule has 4 nitrogen and oxygen atoms in total. The number of nitrogens with zero attached hydrogens (tertiary/aromatic N) is 3. The van der Waals surface area contributed by atoms with E-state index in [2.05, 4.69) is 180 Å². The minimum atomic E-state index is 0.634. The summed E-state index contributed by atoms with van der Waals surface area (Å²) in [5, 5.41) is 10.4. The van der Waals surface area contributed by atoms with E-state index in [1.165, 1.54) is 32.7 Å². The van der Waals surface area contributed by atoms with Gasteiger partial charge in [-0.3, -0.25) is 4.57 Å². The molecule has 12 rings (SSSR count). The monoisotopic (exact) mass is 713 g/mol. The number of furan rings is 1. The first-order chi connectivity index (χ1) is 27.7. The van der Waals surface area contributed by atoms with Gasteiger partial charge < -0.3 is 4.42 Å². The molecule has 4 heteroatoms. The summed E-state index contributed by atoms with van der Waals surface area (Å²) in [6.07, 6.45) is 0. The Balaban J connectivity index is 1.12. The average Bonchev–Trinajstić information content (AvgIpc) is 3.80. The Morgan fingerprint density at radius 2 is 1.00 bits per heavy atom. The molecule has 9 aromatic carbocycles. The summed E-state index contributed by atoms with van der Waals surface area (Å²) in [6, 6.07) is 66.8. The molecule has 0 saturated heterocycles. The van der Waals surface area contributed by atoms with Crippen LogP contribution in [0.2, 0.25) is 0 Å². The van der Waals surface area contributed by atoms with Crippen LogP contribution in [-0.4, -0.2) is 14.5 Å².